The van der Waals surface area contributed by atoms with E-state index in [2.05, 4.69) is 25.9 Å². The normalized spacial score (nSPS) is 10.8. The molecule has 2 aromatic carbocycles. The molecule has 2 heterocycles. The lowest BCUT2D eigenvalue weighted by Crippen LogP contribution is -2.18. The van der Waals surface area contributed by atoms with Gasteiger partial charge in [-0.3, -0.25) is 4.79 Å². The number of nitrogens with one attached hydrogen (secondary N) is 1. The molecule has 158 valence electrons. The maximum absolute atomic E-state index is 12.5. The first-order valence-electron chi connectivity index (χ1n) is 9.56. The number of thioether (sulfide) groups is 1. The molecule has 0 bridgehead atoms. The zero-order valence-electron chi connectivity index (χ0n) is 17.1. The van der Waals surface area contributed by atoms with E-state index in [1.54, 1.807) is 28.7 Å². The molecule has 4 rings (SSSR count). The van der Waals surface area contributed by atoms with Gasteiger partial charge < -0.3 is 10.1 Å². The van der Waals surface area contributed by atoms with Gasteiger partial charge in [-0.05, 0) is 46.7 Å². The molecule has 0 saturated heterocycles. The molecule has 0 atom stereocenters. The molecule has 0 aliphatic rings. The lowest BCUT2D eigenvalue weighted by molar-refractivity contribution is -0.113. The van der Waals surface area contributed by atoms with Crippen LogP contribution in [0.5, 0.6) is 5.75 Å². The zero-order valence-corrected chi connectivity index (χ0v) is 17.9. The van der Waals surface area contributed by atoms with Crippen molar-refractivity contribution < 1.29 is 9.53 Å². The summed E-state index contributed by atoms with van der Waals surface area (Å²) in [6.07, 6.45) is 1.66. The number of benzene rings is 2. The summed E-state index contributed by atoms with van der Waals surface area (Å²) >= 11 is 1.27. The Balaban J connectivity index is 1.38. The van der Waals surface area contributed by atoms with Crippen molar-refractivity contribution in [3.63, 3.8) is 0 Å². The van der Waals surface area contributed by atoms with Crippen molar-refractivity contribution in [2.75, 3.05) is 18.2 Å². The quantitative estimate of drug-likeness (QED) is 0.425. The smallest absolute Gasteiger partial charge is 0.235 e. The van der Waals surface area contributed by atoms with Gasteiger partial charge in [0.2, 0.25) is 11.1 Å². The highest BCUT2D eigenvalue weighted by Crippen LogP contribution is 2.21. The van der Waals surface area contributed by atoms with Crippen LogP contribution in [-0.4, -0.2) is 48.8 Å². The van der Waals surface area contributed by atoms with Gasteiger partial charge in [0.05, 0.1) is 31.3 Å². The maximum Gasteiger partial charge on any atom is 0.235 e. The number of hydrogen-bond donors (Lipinski definition) is 1. The van der Waals surface area contributed by atoms with E-state index in [4.69, 9.17) is 4.74 Å². The van der Waals surface area contributed by atoms with E-state index in [1.165, 1.54) is 11.8 Å². The highest BCUT2D eigenvalue weighted by atomic mass is 32.2. The minimum atomic E-state index is -0.166. The van der Waals surface area contributed by atoms with Crippen LogP contribution < -0.4 is 10.1 Å². The van der Waals surface area contributed by atoms with Crippen LogP contribution in [0, 0.1) is 6.92 Å². The van der Waals surface area contributed by atoms with Crippen LogP contribution in [0.15, 0.2) is 66.0 Å². The molecule has 2 aromatic heterocycles. The molecular formula is C21H21N7O2S. The molecule has 10 heteroatoms. The number of anilines is 1. The third-order valence-corrected chi connectivity index (χ3v) is 5.51. The van der Waals surface area contributed by atoms with E-state index in [0.717, 1.165) is 22.6 Å². The fourth-order valence-corrected chi connectivity index (χ4v) is 3.68. The summed E-state index contributed by atoms with van der Waals surface area (Å²) in [5, 5.41) is 19.6. The summed E-state index contributed by atoms with van der Waals surface area (Å²) < 4.78 is 8.56. The maximum atomic E-state index is 12.5. The summed E-state index contributed by atoms with van der Waals surface area (Å²) in [4.78, 5) is 12.5. The number of carbonyl (C=O) groups is 1. The number of ether oxygens (including phenoxy) is 1. The highest BCUT2D eigenvalue weighted by Gasteiger charge is 2.14. The van der Waals surface area contributed by atoms with Gasteiger partial charge in [0, 0.05) is 6.07 Å². The van der Waals surface area contributed by atoms with Crippen molar-refractivity contribution in [1.82, 2.24) is 30.0 Å². The standard InChI is InChI=1S/C21H21N7O2S/c1-15-5-3-4-6-18(15)28-21(24-25-26-28)31-14-20(29)23-19-11-12-22-27(19)13-16-7-9-17(30-2)10-8-16/h3-12H,13-14H2,1-2H3,(H,23,29). The minimum Gasteiger partial charge on any atom is -0.497 e. The molecule has 0 aliphatic heterocycles. The van der Waals surface area contributed by atoms with E-state index < -0.39 is 0 Å². The van der Waals surface area contributed by atoms with Gasteiger partial charge in [-0.25, -0.2) is 4.68 Å². The molecule has 0 saturated carbocycles. The summed E-state index contributed by atoms with van der Waals surface area (Å²) in [5.41, 5.74) is 2.98. The predicted molar refractivity (Wildman–Crippen MR) is 118 cm³/mol. The molecule has 4 aromatic rings. The summed E-state index contributed by atoms with van der Waals surface area (Å²) in [6.45, 7) is 2.52. The summed E-state index contributed by atoms with van der Waals surface area (Å²) in [5.74, 6) is 1.42. The first-order valence-corrected chi connectivity index (χ1v) is 10.5. The zero-order chi connectivity index (χ0) is 21.6. The third-order valence-electron chi connectivity index (χ3n) is 4.59. The van der Waals surface area contributed by atoms with Crippen molar-refractivity contribution >= 4 is 23.5 Å². The Morgan fingerprint density at radius 3 is 2.71 bits per heavy atom. The fraction of sp³-hybridized carbons (Fsp3) is 0.190. The largest absolute Gasteiger partial charge is 0.497 e. The lowest BCUT2D eigenvalue weighted by atomic mass is 10.2. The van der Waals surface area contributed by atoms with Crippen LogP contribution in [0.3, 0.4) is 0 Å². The van der Waals surface area contributed by atoms with Crippen molar-refractivity contribution in [2.45, 2.75) is 18.6 Å². The van der Waals surface area contributed by atoms with Crippen LogP contribution in [0.25, 0.3) is 5.69 Å². The first-order chi connectivity index (χ1) is 15.1. The van der Waals surface area contributed by atoms with Crippen molar-refractivity contribution in [3.8, 4) is 11.4 Å². The number of methoxy groups -OCH3 is 1. The van der Waals surface area contributed by atoms with Crippen molar-refractivity contribution in [1.29, 1.82) is 0 Å². The average molecular weight is 436 g/mol. The van der Waals surface area contributed by atoms with Gasteiger partial charge in [0.25, 0.3) is 0 Å². The highest BCUT2D eigenvalue weighted by molar-refractivity contribution is 7.99. The third kappa shape index (κ3) is 4.92. The van der Waals surface area contributed by atoms with Crippen LogP contribution in [0.4, 0.5) is 5.82 Å². The minimum absolute atomic E-state index is 0.166. The van der Waals surface area contributed by atoms with Crippen LogP contribution in [0.1, 0.15) is 11.1 Å². The second-order valence-electron chi connectivity index (χ2n) is 6.72. The van der Waals surface area contributed by atoms with Gasteiger partial charge in [-0.2, -0.15) is 9.78 Å². The Kier molecular flexibility index (Phi) is 6.27. The Morgan fingerprint density at radius 2 is 1.94 bits per heavy atom. The summed E-state index contributed by atoms with van der Waals surface area (Å²) in [6, 6.07) is 17.3. The fourth-order valence-electron chi connectivity index (χ4n) is 3.00. The predicted octanol–water partition coefficient (Wildman–Crippen LogP) is 2.95. The van der Waals surface area contributed by atoms with Gasteiger partial charge in [0.1, 0.15) is 11.6 Å². The van der Waals surface area contributed by atoms with E-state index in [0.29, 0.717) is 17.5 Å². The van der Waals surface area contributed by atoms with Gasteiger partial charge in [-0.1, -0.05) is 42.1 Å². The molecule has 0 fully saturated rings. The van der Waals surface area contributed by atoms with Gasteiger partial charge in [-0.15, -0.1) is 5.10 Å². The Bertz CT molecular complexity index is 1170. The number of carbonyl (C=O) groups excluding carboxylic acids is 1. The number of rotatable bonds is 8. The second kappa shape index (κ2) is 9.43. The number of aromatic nitrogens is 6. The molecule has 0 radical (unpaired) electrons. The number of para-hydroxylation sites is 1. The van der Waals surface area contributed by atoms with Gasteiger partial charge >= 0.3 is 0 Å². The lowest BCUT2D eigenvalue weighted by Gasteiger charge is -2.10. The monoisotopic (exact) mass is 435 g/mol. The average Bonchev–Trinajstić information content (AvgIpc) is 3.43. The SMILES string of the molecule is COc1ccc(Cn2nccc2NC(=O)CSc2nnnn2-c2ccccc2C)cc1. The van der Waals surface area contributed by atoms with Crippen LogP contribution >= 0.6 is 11.8 Å². The molecule has 31 heavy (non-hydrogen) atoms. The number of hydrogen-bond acceptors (Lipinski definition) is 7. The van der Waals surface area contributed by atoms with Crippen molar-refractivity contribution in [3.05, 3.63) is 71.9 Å². The molecule has 0 spiro atoms. The molecule has 0 aliphatic carbocycles. The molecule has 0 unspecified atom stereocenters. The van der Waals surface area contributed by atoms with E-state index in [1.807, 2.05) is 55.5 Å². The van der Waals surface area contributed by atoms with E-state index in [-0.39, 0.29) is 11.7 Å². The van der Waals surface area contributed by atoms with E-state index >= 15 is 0 Å². The molecule has 9 nitrogen and oxygen atoms in total. The number of tetrazole rings is 1. The van der Waals surface area contributed by atoms with Crippen LogP contribution in [-0.2, 0) is 11.3 Å². The van der Waals surface area contributed by atoms with Crippen molar-refractivity contribution in [2.24, 2.45) is 0 Å². The van der Waals surface area contributed by atoms with Gasteiger partial charge in [0.15, 0.2) is 0 Å². The summed E-state index contributed by atoms with van der Waals surface area (Å²) in [7, 11) is 1.63. The number of amides is 1. The second-order valence-corrected chi connectivity index (χ2v) is 7.66. The van der Waals surface area contributed by atoms with Crippen LogP contribution in [0.2, 0.25) is 0 Å². The Morgan fingerprint density at radius 1 is 1.13 bits per heavy atom. The molecular weight excluding hydrogens is 414 g/mol. The Hall–Kier alpha value is -3.66. The molecule has 1 N–H and O–H groups in total. The topological polar surface area (TPSA) is 99.8 Å². The Labute approximate surface area is 183 Å². The van der Waals surface area contributed by atoms with E-state index in [9.17, 15) is 4.79 Å². The molecule has 1 amide bonds. The number of nitrogens with zero attached hydrogens (tertiary/aromatic N) is 6. The number of aryl methyl sites for hydroxylation is 1. The first kappa shape index (κ1) is 20.6.